The Morgan fingerprint density at radius 2 is 2.16 bits per heavy atom. The molecule has 0 aliphatic heterocycles. The third-order valence-corrected chi connectivity index (χ3v) is 3.96. The van der Waals surface area contributed by atoms with Crippen molar-refractivity contribution in [3.8, 4) is 17.2 Å². The van der Waals surface area contributed by atoms with Crippen molar-refractivity contribution in [2.75, 3.05) is 5.75 Å². The number of aryl methyl sites for hydroxylation is 1. The van der Waals surface area contributed by atoms with E-state index in [1.165, 1.54) is 0 Å². The van der Waals surface area contributed by atoms with E-state index in [9.17, 15) is 5.11 Å². The highest BCUT2D eigenvalue weighted by Crippen LogP contribution is 2.25. The average molecular weight is 278 g/mol. The molecule has 2 aromatic rings. The summed E-state index contributed by atoms with van der Waals surface area (Å²) in [6.45, 7) is 6.29. The predicted molar refractivity (Wildman–Crippen MR) is 77.1 cm³/mol. The molecule has 19 heavy (non-hydrogen) atoms. The number of hydrogen-bond donors (Lipinski definition) is 1. The summed E-state index contributed by atoms with van der Waals surface area (Å²) in [5, 5.41) is 13.4. The molecular weight excluding hydrogens is 260 g/mol. The minimum absolute atomic E-state index is 0.244. The molecule has 1 aromatic heterocycles. The largest absolute Gasteiger partial charge is 0.508 e. The predicted octanol–water partition coefficient (Wildman–Crippen LogP) is 3.64. The minimum atomic E-state index is 0.244. The number of aromatic hydroxyl groups is 1. The third kappa shape index (κ3) is 3.73. The fourth-order valence-corrected chi connectivity index (χ4v) is 2.58. The van der Waals surface area contributed by atoms with Crippen LogP contribution in [-0.2, 0) is 5.75 Å². The van der Waals surface area contributed by atoms with Crippen LogP contribution < -0.4 is 0 Å². The Bertz CT molecular complexity index is 552. The summed E-state index contributed by atoms with van der Waals surface area (Å²) in [4.78, 5) is 4.39. The molecule has 2 rings (SSSR count). The molecule has 0 aliphatic rings. The van der Waals surface area contributed by atoms with Gasteiger partial charge < -0.3 is 9.63 Å². The van der Waals surface area contributed by atoms with Gasteiger partial charge in [-0.25, -0.2) is 0 Å². The smallest absolute Gasteiger partial charge is 0.258 e. The van der Waals surface area contributed by atoms with Crippen molar-refractivity contribution in [2.45, 2.75) is 26.5 Å². The highest BCUT2D eigenvalue weighted by atomic mass is 32.2. The van der Waals surface area contributed by atoms with Crippen LogP contribution >= 0.6 is 11.8 Å². The van der Waals surface area contributed by atoms with Gasteiger partial charge >= 0.3 is 0 Å². The summed E-state index contributed by atoms with van der Waals surface area (Å²) in [6, 6.07) is 5.11. The number of phenols is 1. The summed E-state index contributed by atoms with van der Waals surface area (Å²) < 4.78 is 5.27. The number of rotatable bonds is 5. The maximum absolute atomic E-state index is 9.39. The van der Waals surface area contributed by atoms with Crippen LogP contribution in [0, 0.1) is 12.8 Å². The molecule has 0 unspecified atom stereocenters. The second-order valence-corrected chi connectivity index (χ2v) is 5.95. The van der Waals surface area contributed by atoms with Crippen molar-refractivity contribution in [3.05, 3.63) is 29.6 Å². The molecule has 0 atom stereocenters. The van der Waals surface area contributed by atoms with E-state index in [0.29, 0.717) is 17.6 Å². The van der Waals surface area contributed by atoms with Gasteiger partial charge in [-0.05, 0) is 42.4 Å². The maximum Gasteiger partial charge on any atom is 0.258 e. The number of benzene rings is 1. The molecule has 4 nitrogen and oxygen atoms in total. The van der Waals surface area contributed by atoms with Crippen molar-refractivity contribution < 1.29 is 9.63 Å². The van der Waals surface area contributed by atoms with E-state index in [1.807, 2.05) is 6.92 Å². The Kier molecular flexibility index (Phi) is 4.47. The number of nitrogens with zero attached hydrogens (tertiary/aromatic N) is 2. The van der Waals surface area contributed by atoms with Gasteiger partial charge in [-0.1, -0.05) is 19.0 Å². The molecule has 0 bridgehead atoms. The monoisotopic (exact) mass is 278 g/mol. The molecule has 102 valence electrons. The Balaban J connectivity index is 2.08. The van der Waals surface area contributed by atoms with Gasteiger partial charge in [0.05, 0.1) is 5.75 Å². The fraction of sp³-hybridized carbons (Fsp3) is 0.429. The highest BCUT2D eigenvalue weighted by molar-refractivity contribution is 7.98. The Labute approximate surface area is 117 Å². The second-order valence-electron chi connectivity index (χ2n) is 4.92. The first-order valence-electron chi connectivity index (χ1n) is 6.26. The third-order valence-electron chi connectivity index (χ3n) is 2.59. The van der Waals surface area contributed by atoms with E-state index in [0.717, 1.165) is 22.6 Å². The first-order chi connectivity index (χ1) is 9.06. The zero-order chi connectivity index (χ0) is 13.8. The van der Waals surface area contributed by atoms with Crippen molar-refractivity contribution in [3.63, 3.8) is 0 Å². The van der Waals surface area contributed by atoms with Crippen molar-refractivity contribution in [1.82, 2.24) is 10.1 Å². The van der Waals surface area contributed by atoms with Crippen molar-refractivity contribution in [1.29, 1.82) is 0 Å². The molecule has 0 amide bonds. The Morgan fingerprint density at radius 3 is 2.84 bits per heavy atom. The second kappa shape index (κ2) is 6.10. The van der Waals surface area contributed by atoms with Gasteiger partial charge in [-0.15, -0.1) is 0 Å². The molecule has 1 N–H and O–H groups in total. The van der Waals surface area contributed by atoms with E-state index < -0.39 is 0 Å². The van der Waals surface area contributed by atoms with E-state index in [1.54, 1.807) is 30.0 Å². The number of phenolic OH excluding ortho intramolecular Hbond substituents is 1. The summed E-state index contributed by atoms with van der Waals surface area (Å²) in [5.74, 6) is 3.98. The lowest BCUT2D eigenvalue weighted by Gasteiger charge is -2.01. The molecule has 0 spiro atoms. The lowest BCUT2D eigenvalue weighted by atomic mass is 10.1. The molecular formula is C14H18N2O2S. The molecule has 5 heteroatoms. The zero-order valence-corrected chi connectivity index (χ0v) is 12.2. The zero-order valence-electron chi connectivity index (χ0n) is 11.4. The van der Waals surface area contributed by atoms with Gasteiger partial charge in [0, 0.05) is 5.56 Å². The molecule has 1 aromatic carbocycles. The molecule has 0 saturated carbocycles. The Morgan fingerprint density at radius 1 is 1.37 bits per heavy atom. The van der Waals surface area contributed by atoms with Crippen LogP contribution in [0.15, 0.2) is 22.7 Å². The van der Waals surface area contributed by atoms with Crippen LogP contribution in [0.1, 0.15) is 25.2 Å². The van der Waals surface area contributed by atoms with E-state index in [2.05, 4.69) is 24.0 Å². The van der Waals surface area contributed by atoms with Crippen LogP contribution in [0.3, 0.4) is 0 Å². The highest BCUT2D eigenvalue weighted by Gasteiger charge is 2.11. The first-order valence-corrected chi connectivity index (χ1v) is 7.42. The standard InChI is InChI=1S/C14H18N2O2S/c1-9(2)7-19-8-13-15-14(18-16-13)12-5-4-11(17)6-10(12)3/h4-6,9,17H,7-8H2,1-3H3. The van der Waals surface area contributed by atoms with Crippen molar-refractivity contribution in [2.24, 2.45) is 5.92 Å². The van der Waals surface area contributed by atoms with Gasteiger partial charge in [0.15, 0.2) is 5.82 Å². The van der Waals surface area contributed by atoms with Crippen LogP contribution in [0.5, 0.6) is 5.75 Å². The number of thioether (sulfide) groups is 1. The van der Waals surface area contributed by atoms with Crippen molar-refractivity contribution >= 4 is 11.8 Å². The van der Waals surface area contributed by atoms with Gasteiger partial charge in [0.2, 0.25) is 0 Å². The minimum Gasteiger partial charge on any atom is -0.508 e. The quantitative estimate of drug-likeness (QED) is 0.904. The lowest BCUT2D eigenvalue weighted by molar-refractivity contribution is 0.424. The number of aromatic nitrogens is 2. The number of hydrogen-bond acceptors (Lipinski definition) is 5. The van der Waals surface area contributed by atoms with E-state index >= 15 is 0 Å². The van der Waals surface area contributed by atoms with Gasteiger partial charge in [-0.3, -0.25) is 0 Å². The van der Waals surface area contributed by atoms with Crippen LogP contribution in [0.25, 0.3) is 11.5 Å². The summed E-state index contributed by atoms with van der Waals surface area (Å²) in [6.07, 6.45) is 0. The van der Waals surface area contributed by atoms with Gasteiger partial charge in [0.1, 0.15) is 5.75 Å². The fourth-order valence-electron chi connectivity index (χ4n) is 1.70. The SMILES string of the molecule is Cc1cc(O)ccc1-c1nc(CSCC(C)C)no1. The molecule has 0 fully saturated rings. The molecule has 1 heterocycles. The first kappa shape index (κ1) is 13.9. The summed E-state index contributed by atoms with van der Waals surface area (Å²) >= 11 is 1.80. The molecule has 0 aliphatic carbocycles. The van der Waals surface area contributed by atoms with Crippen LogP contribution in [-0.4, -0.2) is 21.0 Å². The van der Waals surface area contributed by atoms with Crippen LogP contribution in [0.4, 0.5) is 0 Å². The van der Waals surface area contributed by atoms with E-state index in [4.69, 9.17) is 4.52 Å². The Hall–Kier alpha value is -1.49. The van der Waals surface area contributed by atoms with Gasteiger partial charge in [0.25, 0.3) is 5.89 Å². The molecule has 0 saturated heterocycles. The topological polar surface area (TPSA) is 59.2 Å². The average Bonchev–Trinajstić information content (AvgIpc) is 2.77. The maximum atomic E-state index is 9.39. The summed E-state index contributed by atoms with van der Waals surface area (Å²) in [7, 11) is 0. The van der Waals surface area contributed by atoms with Gasteiger partial charge in [-0.2, -0.15) is 16.7 Å². The molecule has 0 radical (unpaired) electrons. The summed E-state index contributed by atoms with van der Waals surface area (Å²) in [5.41, 5.74) is 1.79. The lowest BCUT2D eigenvalue weighted by Crippen LogP contribution is -1.92. The van der Waals surface area contributed by atoms with Crippen LogP contribution in [0.2, 0.25) is 0 Å². The normalized spacial score (nSPS) is 11.2. The van der Waals surface area contributed by atoms with E-state index in [-0.39, 0.29) is 5.75 Å².